The molecule has 0 saturated heterocycles. The normalized spacial score (nSPS) is 15.0. The van der Waals surface area contributed by atoms with Gasteiger partial charge in [-0.3, -0.25) is 19.2 Å². The molecule has 0 unspecified atom stereocenters. The van der Waals surface area contributed by atoms with Crippen molar-refractivity contribution in [3.63, 3.8) is 0 Å². The first-order chi connectivity index (χ1) is 31.5. The van der Waals surface area contributed by atoms with Crippen LogP contribution in [0.15, 0.2) is 24.3 Å². The van der Waals surface area contributed by atoms with E-state index in [-0.39, 0.29) is 50.0 Å². The summed E-state index contributed by atoms with van der Waals surface area (Å²) in [4.78, 5) is 56.1. The molecule has 0 aromatic heterocycles. The van der Waals surface area contributed by atoms with Gasteiger partial charge in [-0.15, -0.1) is 0 Å². The summed E-state index contributed by atoms with van der Waals surface area (Å²) in [5.41, 5.74) is 0. The zero-order chi connectivity index (χ0) is 46.0. The molecule has 8 heteroatoms. The number of carbonyl (C=O) groups excluding carboxylic acids is 4. The number of allylic oxidation sites excluding steroid dienone is 4. The summed E-state index contributed by atoms with van der Waals surface area (Å²) in [5, 5.41) is 0. The van der Waals surface area contributed by atoms with Crippen molar-refractivity contribution >= 4 is 23.8 Å². The van der Waals surface area contributed by atoms with Crippen LogP contribution in [0.25, 0.3) is 0 Å². The summed E-state index contributed by atoms with van der Waals surface area (Å²) in [6.07, 6.45) is 53.5. The average molecular weight is 897 g/mol. The van der Waals surface area contributed by atoms with Crippen molar-refractivity contribution in [1.82, 2.24) is 9.80 Å². The fraction of sp³-hybridized carbons (Fsp3) is 0.857. The number of ether oxygens (including phenoxy) is 2. The number of amides is 2. The Morgan fingerprint density at radius 1 is 0.391 bits per heavy atom. The van der Waals surface area contributed by atoms with E-state index >= 15 is 0 Å². The first-order valence-electron chi connectivity index (χ1n) is 27.7. The first kappa shape index (κ1) is 57.5. The van der Waals surface area contributed by atoms with Gasteiger partial charge in [-0.25, -0.2) is 0 Å². The Bertz CT molecular complexity index is 1110. The van der Waals surface area contributed by atoms with Crippen molar-refractivity contribution in [2.24, 2.45) is 0 Å². The Labute approximate surface area is 394 Å². The lowest BCUT2D eigenvalue weighted by molar-refractivity contribution is -0.152. The number of rotatable bonds is 41. The summed E-state index contributed by atoms with van der Waals surface area (Å²) in [6.45, 7) is 5.65. The summed E-state index contributed by atoms with van der Waals surface area (Å²) in [5.74, 6) is -0.524. The standard InChI is InChI=1S/C56H100N2O6/c1-3-5-7-9-11-13-15-17-19-21-23-25-27-29-37-43-53(59)57(51-39-33-31-34-40-51)47-49-63-55(61)45-46-56(62)64-50-48-58(52-41-35-32-36-42-52)54(60)44-38-30-28-26-24-22-20-18-16-14-12-10-8-6-4-2/h17-20,51-52H,3-16,21-50H2,1-2H3/b19-17-,20-18+. The van der Waals surface area contributed by atoms with Crippen molar-refractivity contribution < 1.29 is 28.7 Å². The molecule has 370 valence electrons. The van der Waals surface area contributed by atoms with Gasteiger partial charge in [0.15, 0.2) is 0 Å². The molecule has 0 N–H and O–H groups in total. The third-order valence-electron chi connectivity index (χ3n) is 13.7. The topological polar surface area (TPSA) is 93.2 Å². The molecule has 2 saturated carbocycles. The molecule has 0 radical (unpaired) electrons. The van der Waals surface area contributed by atoms with Crippen molar-refractivity contribution in [2.45, 2.75) is 283 Å². The molecule has 8 nitrogen and oxygen atoms in total. The van der Waals surface area contributed by atoms with E-state index in [0.717, 1.165) is 103 Å². The number of unbranched alkanes of at least 4 members (excludes halogenated alkanes) is 22. The van der Waals surface area contributed by atoms with Crippen molar-refractivity contribution in [2.75, 3.05) is 26.3 Å². The van der Waals surface area contributed by atoms with Crippen LogP contribution >= 0.6 is 0 Å². The van der Waals surface area contributed by atoms with Crippen LogP contribution in [-0.2, 0) is 28.7 Å². The van der Waals surface area contributed by atoms with E-state index in [9.17, 15) is 19.2 Å². The van der Waals surface area contributed by atoms with E-state index in [4.69, 9.17) is 9.47 Å². The first-order valence-corrected chi connectivity index (χ1v) is 27.7. The molecule has 2 fully saturated rings. The molecule has 64 heavy (non-hydrogen) atoms. The second-order valence-electron chi connectivity index (χ2n) is 19.4. The Morgan fingerprint density at radius 2 is 0.688 bits per heavy atom. The van der Waals surface area contributed by atoms with Crippen LogP contribution in [0.3, 0.4) is 0 Å². The van der Waals surface area contributed by atoms with Gasteiger partial charge in [-0.2, -0.15) is 0 Å². The highest BCUT2D eigenvalue weighted by Gasteiger charge is 2.27. The Kier molecular flexibility index (Phi) is 37.5. The van der Waals surface area contributed by atoms with Gasteiger partial charge in [0.1, 0.15) is 13.2 Å². The van der Waals surface area contributed by atoms with E-state index in [2.05, 4.69) is 38.2 Å². The molecule has 0 spiro atoms. The predicted octanol–water partition coefficient (Wildman–Crippen LogP) is 15.3. The van der Waals surface area contributed by atoms with E-state index in [1.54, 1.807) is 0 Å². The van der Waals surface area contributed by atoms with E-state index < -0.39 is 11.9 Å². The average Bonchev–Trinajstić information content (AvgIpc) is 3.31. The highest BCUT2D eigenvalue weighted by molar-refractivity contribution is 5.78. The molecule has 0 aromatic rings. The molecule has 2 aliphatic rings. The number of hydrogen-bond donors (Lipinski definition) is 0. The van der Waals surface area contributed by atoms with Gasteiger partial charge in [0.25, 0.3) is 0 Å². The minimum atomic E-state index is -0.441. The quantitative estimate of drug-likeness (QED) is 0.0345. The van der Waals surface area contributed by atoms with Crippen LogP contribution in [0.2, 0.25) is 0 Å². The van der Waals surface area contributed by atoms with Gasteiger partial charge in [0, 0.05) is 24.9 Å². The van der Waals surface area contributed by atoms with Crippen molar-refractivity contribution in [1.29, 1.82) is 0 Å². The summed E-state index contributed by atoms with van der Waals surface area (Å²) in [6, 6.07) is 0.445. The predicted molar refractivity (Wildman–Crippen MR) is 267 cm³/mol. The molecule has 2 rings (SSSR count). The lowest BCUT2D eigenvalue weighted by Gasteiger charge is -2.34. The molecular formula is C56H100N2O6. The second kappa shape index (κ2) is 41.8. The Morgan fingerprint density at radius 3 is 1.02 bits per heavy atom. The Hall–Kier alpha value is -2.64. The number of nitrogens with zero attached hydrogens (tertiary/aromatic N) is 2. The fourth-order valence-electron chi connectivity index (χ4n) is 9.65. The molecule has 2 aliphatic carbocycles. The van der Waals surface area contributed by atoms with Gasteiger partial charge in [0.2, 0.25) is 11.8 Å². The SMILES string of the molecule is CCCCCCCC/C=C\CCCCCCCC(=O)N(CCOC(=O)CCC(=O)OCCN(C(=O)CCCCCCC/C=C/CCCCCCCC)C1CCCCC1)C1CCCCC1. The molecule has 0 bridgehead atoms. The van der Waals surface area contributed by atoms with Gasteiger partial charge >= 0.3 is 11.9 Å². The highest BCUT2D eigenvalue weighted by atomic mass is 16.5. The fourth-order valence-corrected chi connectivity index (χ4v) is 9.65. The van der Waals surface area contributed by atoms with E-state index in [0.29, 0.717) is 25.9 Å². The zero-order valence-corrected chi connectivity index (χ0v) is 41.9. The van der Waals surface area contributed by atoms with Gasteiger partial charge in [-0.1, -0.05) is 179 Å². The maximum atomic E-state index is 13.4. The lowest BCUT2D eigenvalue weighted by atomic mass is 9.94. The van der Waals surface area contributed by atoms with Crippen LogP contribution in [0, 0.1) is 0 Å². The minimum Gasteiger partial charge on any atom is -0.464 e. The van der Waals surface area contributed by atoms with Crippen LogP contribution in [0.5, 0.6) is 0 Å². The zero-order valence-electron chi connectivity index (χ0n) is 41.9. The molecular weight excluding hydrogens is 797 g/mol. The monoisotopic (exact) mass is 897 g/mol. The van der Waals surface area contributed by atoms with Crippen LogP contribution in [0.1, 0.15) is 271 Å². The Balaban J connectivity index is 1.60. The maximum absolute atomic E-state index is 13.4. The van der Waals surface area contributed by atoms with Crippen molar-refractivity contribution in [3.05, 3.63) is 24.3 Å². The summed E-state index contributed by atoms with van der Waals surface area (Å²) >= 11 is 0. The lowest BCUT2D eigenvalue weighted by Crippen LogP contribution is -2.43. The molecule has 2 amide bonds. The van der Waals surface area contributed by atoms with Crippen LogP contribution in [-0.4, -0.2) is 71.9 Å². The molecule has 0 heterocycles. The smallest absolute Gasteiger partial charge is 0.306 e. The largest absolute Gasteiger partial charge is 0.464 e. The number of esters is 2. The number of hydrogen-bond acceptors (Lipinski definition) is 6. The minimum absolute atomic E-state index is 0.0497. The van der Waals surface area contributed by atoms with Crippen molar-refractivity contribution in [3.8, 4) is 0 Å². The van der Waals surface area contributed by atoms with E-state index in [1.165, 1.54) is 128 Å². The summed E-state index contributed by atoms with van der Waals surface area (Å²) < 4.78 is 11.1. The van der Waals surface area contributed by atoms with Crippen LogP contribution < -0.4 is 0 Å². The third-order valence-corrected chi connectivity index (χ3v) is 13.7. The van der Waals surface area contributed by atoms with E-state index in [1.807, 2.05) is 9.80 Å². The summed E-state index contributed by atoms with van der Waals surface area (Å²) in [7, 11) is 0. The highest BCUT2D eigenvalue weighted by Crippen LogP contribution is 2.25. The van der Waals surface area contributed by atoms with Gasteiger partial charge in [-0.05, 0) is 89.9 Å². The third kappa shape index (κ3) is 31.3. The number of carbonyl (C=O) groups is 4. The molecule has 0 aliphatic heterocycles. The van der Waals surface area contributed by atoms with Gasteiger partial charge < -0.3 is 19.3 Å². The second-order valence-corrected chi connectivity index (χ2v) is 19.4. The van der Waals surface area contributed by atoms with Gasteiger partial charge in [0.05, 0.1) is 25.9 Å². The van der Waals surface area contributed by atoms with Crippen LogP contribution in [0.4, 0.5) is 0 Å². The molecule has 0 aromatic carbocycles. The maximum Gasteiger partial charge on any atom is 0.306 e. The molecule has 0 atom stereocenters.